The predicted molar refractivity (Wildman–Crippen MR) is 107 cm³/mol. The van der Waals surface area contributed by atoms with Crippen LogP contribution in [-0.2, 0) is 17.6 Å². The molecule has 2 N–H and O–H groups in total. The molecule has 5 nitrogen and oxygen atoms in total. The van der Waals surface area contributed by atoms with Crippen LogP contribution in [0.15, 0.2) is 18.2 Å². The van der Waals surface area contributed by atoms with Crippen LogP contribution in [0, 0.1) is 5.92 Å². The first-order valence-electron chi connectivity index (χ1n) is 10.3. The smallest absolute Gasteiger partial charge is 0.255 e. The average molecular weight is 367 g/mol. The highest BCUT2D eigenvalue weighted by molar-refractivity contribution is 6.07. The third kappa shape index (κ3) is 3.47. The van der Waals surface area contributed by atoms with Crippen LogP contribution in [0.2, 0.25) is 0 Å². The molecule has 1 saturated heterocycles. The topological polar surface area (TPSA) is 65.2 Å². The molecule has 0 spiro atoms. The summed E-state index contributed by atoms with van der Waals surface area (Å²) < 4.78 is 0. The van der Waals surface area contributed by atoms with Gasteiger partial charge < -0.3 is 15.2 Å². The molecule has 2 aliphatic rings. The molecule has 1 fully saturated rings. The number of aromatic amines is 1. The molecule has 27 heavy (non-hydrogen) atoms. The number of nitrogens with one attached hydrogen (secondary N) is 2. The minimum Gasteiger partial charge on any atom is -0.358 e. The molecule has 1 aromatic carbocycles. The summed E-state index contributed by atoms with van der Waals surface area (Å²) in [5.41, 5.74) is 4.47. The molecule has 1 aliphatic heterocycles. The highest BCUT2D eigenvalue weighted by atomic mass is 16.2. The lowest BCUT2D eigenvalue weighted by Crippen LogP contribution is -2.44. The SMILES string of the molecule is CC(C)NC(=O)C1CCN(C(=O)c2cccc3c4c([nH]c23)CCCC4)CC1. The van der Waals surface area contributed by atoms with Gasteiger partial charge in [-0.3, -0.25) is 9.59 Å². The van der Waals surface area contributed by atoms with Gasteiger partial charge in [0.05, 0.1) is 11.1 Å². The van der Waals surface area contributed by atoms with Crippen LogP contribution in [0.3, 0.4) is 0 Å². The Kier molecular flexibility index (Phi) is 4.94. The molecule has 2 aromatic rings. The maximum Gasteiger partial charge on any atom is 0.255 e. The second kappa shape index (κ2) is 7.37. The van der Waals surface area contributed by atoms with E-state index in [1.165, 1.54) is 29.5 Å². The van der Waals surface area contributed by atoms with E-state index in [0.717, 1.165) is 36.8 Å². The molecule has 0 unspecified atom stereocenters. The van der Waals surface area contributed by atoms with Gasteiger partial charge in [0.25, 0.3) is 5.91 Å². The van der Waals surface area contributed by atoms with E-state index in [1.54, 1.807) is 0 Å². The van der Waals surface area contributed by atoms with Crippen molar-refractivity contribution < 1.29 is 9.59 Å². The fourth-order valence-corrected chi connectivity index (χ4v) is 4.53. The number of carbonyl (C=O) groups excluding carboxylic acids is 2. The van der Waals surface area contributed by atoms with Crippen LogP contribution in [0.1, 0.15) is 61.1 Å². The molecule has 144 valence electrons. The van der Waals surface area contributed by atoms with Gasteiger partial charge in [0, 0.05) is 36.1 Å². The molecular weight excluding hydrogens is 338 g/mol. The summed E-state index contributed by atoms with van der Waals surface area (Å²) in [4.78, 5) is 30.9. The van der Waals surface area contributed by atoms with E-state index in [0.29, 0.717) is 13.1 Å². The van der Waals surface area contributed by atoms with E-state index in [9.17, 15) is 9.59 Å². The summed E-state index contributed by atoms with van der Waals surface area (Å²) in [6, 6.07) is 6.23. The zero-order valence-electron chi connectivity index (χ0n) is 16.3. The van der Waals surface area contributed by atoms with Crippen LogP contribution < -0.4 is 5.32 Å². The largest absolute Gasteiger partial charge is 0.358 e. The van der Waals surface area contributed by atoms with Gasteiger partial charge in [-0.1, -0.05) is 12.1 Å². The van der Waals surface area contributed by atoms with Gasteiger partial charge in [-0.15, -0.1) is 0 Å². The third-order valence-corrected chi connectivity index (χ3v) is 5.95. The number of piperidine rings is 1. The Morgan fingerprint density at radius 2 is 1.89 bits per heavy atom. The van der Waals surface area contributed by atoms with Gasteiger partial charge in [-0.2, -0.15) is 0 Å². The van der Waals surface area contributed by atoms with E-state index in [-0.39, 0.29) is 23.8 Å². The van der Waals surface area contributed by atoms with E-state index >= 15 is 0 Å². The summed E-state index contributed by atoms with van der Waals surface area (Å²) in [6.07, 6.45) is 6.10. The van der Waals surface area contributed by atoms with Crippen molar-refractivity contribution in [1.29, 1.82) is 0 Å². The normalized spacial score (nSPS) is 18.0. The van der Waals surface area contributed by atoms with Crippen molar-refractivity contribution in [2.75, 3.05) is 13.1 Å². The Morgan fingerprint density at radius 1 is 1.15 bits per heavy atom. The van der Waals surface area contributed by atoms with E-state index in [1.807, 2.05) is 30.9 Å². The van der Waals surface area contributed by atoms with Crippen LogP contribution in [0.4, 0.5) is 0 Å². The highest BCUT2D eigenvalue weighted by Crippen LogP contribution is 2.31. The molecule has 0 radical (unpaired) electrons. The van der Waals surface area contributed by atoms with Crippen molar-refractivity contribution in [3.8, 4) is 0 Å². The number of benzene rings is 1. The molecule has 2 heterocycles. The van der Waals surface area contributed by atoms with Crippen molar-refractivity contribution in [3.05, 3.63) is 35.0 Å². The van der Waals surface area contributed by atoms with Crippen LogP contribution in [0.25, 0.3) is 10.9 Å². The average Bonchev–Trinajstić information content (AvgIpc) is 3.06. The maximum absolute atomic E-state index is 13.2. The number of fused-ring (bicyclic) bond motifs is 3. The van der Waals surface area contributed by atoms with Gasteiger partial charge in [0.1, 0.15) is 0 Å². The Bertz CT molecular complexity index is 860. The van der Waals surface area contributed by atoms with Gasteiger partial charge >= 0.3 is 0 Å². The fourth-order valence-electron chi connectivity index (χ4n) is 4.53. The third-order valence-electron chi connectivity index (χ3n) is 5.95. The number of hydrogen-bond donors (Lipinski definition) is 2. The zero-order valence-corrected chi connectivity index (χ0v) is 16.3. The maximum atomic E-state index is 13.2. The lowest BCUT2D eigenvalue weighted by Gasteiger charge is -2.32. The Hall–Kier alpha value is -2.30. The second-order valence-corrected chi connectivity index (χ2v) is 8.25. The van der Waals surface area contributed by atoms with Crippen molar-refractivity contribution >= 4 is 22.7 Å². The Morgan fingerprint density at radius 3 is 2.63 bits per heavy atom. The number of amides is 2. The van der Waals surface area contributed by atoms with Gasteiger partial charge in [-0.25, -0.2) is 0 Å². The van der Waals surface area contributed by atoms with Crippen molar-refractivity contribution in [3.63, 3.8) is 0 Å². The lowest BCUT2D eigenvalue weighted by atomic mass is 9.94. The number of aromatic nitrogens is 1. The molecule has 5 heteroatoms. The standard InChI is InChI=1S/C22H29N3O2/c1-14(2)23-21(26)15-10-12-25(13-11-15)22(27)18-8-5-7-17-16-6-3-4-9-19(16)24-20(17)18/h5,7-8,14-15,24H,3-4,6,9-13H2,1-2H3,(H,23,26). The molecular formula is C22H29N3O2. The van der Waals surface area contributed by atoms with E-state index in [4.69, 9.17) is 0 Å². The van der Waals surface area contributed by atoms with Gasteiger partial charge in [0.15, 0.2) is 0 Å². The first-order chi connectivity index (χ1) is 13.0. The highest BCUT2D eigenvalue weighted by Gasteiger charge is 2.29. The molecule has 4 rings (SSSR count). The number of H-pyrrole nitrogens is 1. The zero-order chi connectivity index (χ0) is 19.0. The number of rotatable bonds is 3. The summed E-state index contributed by atoms with van der Waals surface area (Å²) in [5, 5.41) is 4.20. The van der Waals surface area contributed by atoms with Crippen LogP contribution >= 0.6 is 0 Å². The molecule has 0 bridgehead atoms. The Labute approximate surface area is 160 Å². The quantitative estimate of drug-likeness (QED) is 0.873. The van der Waals surface area contributed by atoms with E-state index < -0.39 is 0 Å². The summed E-state index contributed by atoms with van der Waals surface area (Å²) in [6.45, 7) is 5.25. The molecule has 2 amide bonds. The summed E-state index contributed by atoms with van der Waals surface area (Å²) in [5.74, 6) is 0.225. The minimum atomic E-state index is 0.0186. The van der Waals surface area contributed by atoms with Crippen molar-refractivity contribution in [1.82, 2.24) is 15.2 Å². The first kappa shape index (κ1) is 18.1. The van der Waals surface area contributed by atoms with Crippen LogP contribution in [-0.4, -0.2) is 40.8 Å². The van der Waals surface area contributed by atoms with E-state index in [2.05, 4.69) is 16.4 Å². The minimum absolute atomic E-state index is 0.0186. The van der Waals surface area contributed by atoms with Gasteiger partial charge in [0.2, 0.25) is 5.91 Å². The molecule has 0 saturated carbocycles. The fraction of sp³-hybridized carbons (Fsp3) is 0.545. The Balaban J connectivity index is 1.51. The first-order valence-corrected chi connectivity index (χ1v) is 10.3. The molecule has 0 atom stereocenters. The van der Waals surface area contributed by atoms with Gasteiger partial charge in [-0.05, 0) is 64.0 Å². The lowest BCUT2D eigenvalue weighted by molar-refractivity contribution is -0.126. The number of aryl methyl sites for hydroxylation is 2. The van der Waals surface area contributed by atoms with Crippen LogP contribution in [0.5, 0.6) is 0 Å². The number of likely N-dealkylation sites (tertiary alicyclic amines) is 1. The number of carbonyl (C=O) groups is 2. The number of hydrogen-bond acceptors (Lipinski definition) is 2. The van der Waals surface area contributed by atoms with Crippen molar-refractivity contribution in [2.24, 2.45) is 5.92 Å². The molecule has 1 aliphatic carbocycles. The monoisotopic (exact) mass is 367 g/mol. The summed E-state index contributed by atoms with van der Waals surface area (Å²) in [7, 11) is 0. The predicted octanol–water partition coefficient (Wildman–Crippen LogP) is 3.42. The molecule has 1 aromatic heterocycles. The second-order valence-electron chi connectivity index (χ2n) is 8.25. The summed E-state index contributed by atoms with van der Waals surface area (Å²) >= 11 is 0. The van der Waals surface area contributed by atoms with Crippen molar-refractivity contribution in [2.45, 2.75) is 58.4 Å². The number of nitrogens with zero attached hydrogens (tertiary/aromatic N) is 1. The number of para-hydroxylation sites is 1.